The Morgan fingerprint density at radius 2 is 1.50 bits per heavy atom. The summed E-state index contributed by atoms with van der Waals surface area (Å²) in [4.78, 5) is 0. The van der Waals surface area contributed by atoms with Gasteiger partial charge in [0.25, 0.3) is 0 Å². The van der Waals surface area contributed by atoms with Crippen molar-refractivity contribution in [2.75, 3.05) is 0 Å². The molecule has 0 aliphatic rings. The van der Waals surface area contributed by atoms with Crippen molar-refractivity contribution in [3.05, 3.63) is 0 Å². The van der Waals surface area contributed by atoms with Crippen molar-refractivity contribution in [3.63, 3.8) is 0 Å². The Kier molecular flexibility index (Phi) is 7.23. The molecular weight excluding hydrogens is 227 g/mol. The van der Waals surface area contributed by atoms with Crippen LogP contribution in [0, 0.1) is 0 Å². The molecule has 0 saturated carbocycles. The molecule has 0 heterocycles. The molecule has 0 unspecified atom stereocenters. The normalized spacial score (nSPS) is 9.83. The van der Waals surface area contributed by atoms with E-state index in [0.29, 0.717) is 0 Å². The second-order valence-corrected chi connectivity index (χ2v) is 6.26. The molecule has 0 aromatic rings. The molecule has 2 nitrogen and oxygen atoms in total. The van der Waals surface area contributed by atoms with Crippen molar-refractivity contribution in [1.82, 2.24) is 0 Å². The number of hydrogen-bond acceptors (Lipinski definition) is 2. The van der Waals surface area contributed by atoms with Gasteiger partial charge >= 0.3 is 75.7 Å². The molecule has 0 bridgehead atoms. The quantitative estimate of drug-likeness (QED) is 0.330. The molecule has 0 aromatic heterocycles. The fourth-order valence-corrected chi connectivity index (χ4v) is 0. The van der Waals surface area contributed by atoms with Gasteiger partial charge in [0.2, 0.25) is 0 Å². The van der Waals surface area contributed by atoms with E-state index in [1.165, 1.54) is 0 Å². The Labute approximate surface area is 74.6 Å². The van der Waals surface area contributed by atoms with Crippen LogP contribution in [-0.4, -0.2) is 38.0 Å². The van der Waals surface area contributed by atoms with Crippen molar-refractivity contribution in [2.24, 2.45) is 0 Å². The minimum absolute atomic E-state index is 0. The van der Waals surface area contributed by atoms with Crippen molar-refractivity contribution < 1.29 is 28.2 Å². The molecular formula is H2AgNaO2S2. The van der Waals surface area contributed by atoms with Crippen LogP contribution < -0.4 is 0 Å². The zero-order valence-electron chi connectivity index (χ0n) is 1.97. The Hall–Kier alpha value is 2.04. The Bertz CT molecular complexity index is 94.7. The molecule has 0 radical (unpaired) electrons. The topological polar surface area (TPSA) is 34.1 Å². The van der Waals surface area contributed by atoms with E-state index in [-0.39, 0.29) is 29.6 Å². The molecule has 0 fully saturated rings. The van der Waals surface area contributed by atoms with Gasteiger partial charge in [-0.25, -0.2) is 0 Å². The summed E-state index contributed by atoms with van der Waals surface area (Å²) in [7, 11) is 0. The summed E-state index contributed by atoms with van der Waals surface area (Å²) in [5, 5.41) is 0. The first-order valence-corrected chi connectivity index (χ1v) is 4.83. The molecule has 38 valence electrons. The van der Waals surface area contributed by atoms with Gasteiger partial charge in [-0.05, 0) is 0 Å². The van der Waals surface area contributed by atoms with E-state index in [4.69, 9.17) is 0 Å². The SMILES string of the molecule is O=[S](=O)(S)[Ag].[NaH]. The number of thiol groups is 1. The Morgan fingerprint density at radius 1 is 1.50 bits per heavy atom. The predicted molar refractivity (Wildman–Crippen MR) is 25.1 cm³/mol. The van der Waals surface area contributed by atoms with Gasteiger partial charge in [-0.2, -0.15) is 0 Å². The summed E-state index contributed by atoms with van der Waals surface area (Å²) in [6.07, 6.45) is -3.16. The summed E-state index contributed by atoms with van der Waals surface area (Å²) in [5.74, 6) is 0. The van der Waals surface area contributed by atoms with Gasteiger partial charge in [0, 0.05) is 0 Å². The van der Waals surface area contributed by atoms with E-state index in [1.807, 2.05) is 0 Å². The minimum atomic E-state index is -3.16. The summed E-state index contributed by atoms with van der Waals surface area (Å²) in [6.45, 7) is 0. The maximum atomic E-state index is 9.41. The standard InChI is InChI=1S/Ag.Na.HO2S2.H/c;;1-4(2)3;/h;;(H,1,2,3);. The van der Waals surface area contributed by atoms with Gasteiger partial charge in [-0.1, -0.05) is 0 Å². The molecule has 0 aliphatic heterocycles. The van der Waals surface area contributed by atoms with E-state index in [1.54, 1.807) is 0 Å². The molecule has 0 aliphatic carbocycles. The van der Waals surface area contributed by atoms with E-state index in [0.717, 1.165) is 0 Å². The molecule has 0 saturated heterocycles. The molecule has 0 rings (SSSR count). The number of rotatable bonds is 0. The first kappa shape index (κ1) is 10.9. The fourth-order valence-electron chi connectivity index (χ4n) is 0. The fraction of sp³-hybridized carbons (Fsp3) is 0. The average molecular weight is 229 g/mol. The third-order valence-electron chi connectivity index (χ3n) is 0. The molecule has 0 atom stereocenters. The maximum absolute atomic E-state index is 9.41. The van der Waals surface area contributed by atoms with Crippen LogP contribution in [0.5, 0.6) is 0 Å². The predicted octanol–water partition coefficient (Wildman–Crippen LogP) is -0.941. The average Bonchev–Trinajstić information content (AvgIpc) is 0.722. The van der Waals surface area contributed by atoms with Crippen LogP contribution in [0.3, 0.4) is 0 Å². The van der Waals surface area contributed by atoms with E-state index in [2.05, 4.69) is 31.4 Å². The Balaban J connectivity index is 0. The number of hydrogen-bond donors (Lipinski definition) is 1. The summed E-state index contributed by atoms with van der Waals surface area (Å²) in [5.41, 5.74) is 0. The van der Waals surface area contributed by atoms with Crippen LogP contribution in [0.25, 0.3) is 0 Å². The molecule has 6 heteroatoms. The van der Waals surface area contributed by atoms with Crippen LogP contribution in [-0.2, 0) is 26.1 Å². The van der Waals surface area contributed by atoms with E-state index < -0.39 is 6.33 Å². The van der Waals surface area contributed by atoms with Gasteiger partial charge in [0.15, 0.2) is 0 Å². The van der Waals surface area contributed by atoms with E-state index in [9.17, 15) is 8.42 Å². The van der Waals surface area contributed by atoms with Crippen molar-refractivity contribution >= 4 is 47.6 Å². The third-order valence-corrected chi connectivity index (χ3v) is 0. The second-order valence-electron chi connectivity index (χ2n) is 0.373. The van der Waals surface area contributed by atoms with Gasteiger partial charge in [0.05, 0.1) is 0 Å². The zero-order chi connectivity index (χ0) is 4.50. The van der Waals surface area contributed by atoms with Gasteiger partial charge < -0.3 is 0 Å². The van der Waals surface area contributed by atoms with Gasteiger partial charge in [0.1, 0.15) is 0 Å². The summed E-state index contributed by atoms with van der Waals surface area (Å²) in [6, 6.07) is 0. The van der Waals surface area contributed by atoms with Crippen LogP contribution in [0.15, 0.2) is 0 Å². The molecule has 6 heavy (non-hydrogen) atoms. The van der Waals surface area contributed by atoms with Crippen molar-refractivity contribution in [2.45, 2.75) is 0 Å². The van der Waals surface area contributed by atoms with Gasteiger partial charge in [-0.3, -0.25) is 0 Å². The molecule has 0 N–H and O–H groups in total. The zero-order valence-corrected chi connectivity index (χ0v) is 5.17. The first-order valence-electron chi connectivity index (χ1n) is 0.639. The van der Waals surface area contributed by atoms with Crippen LogP contribution in [0.2, 0.25) is 0 Å². The Morgan fingerprint density at radius 3 is 1.50 bits per heavy atom. The van der Waals surface area contributed by atoms with Crippen LogP contribution in [0.4, 0.5) is 0 Å². The third kappa shape index (κ3) is 36.9. The second kappa shape index (κ2) is 3.97. The van der Waals surface area contributed by atoms with Crippen molar-refractivity contribution in [1.29, 1.82) is 0 Å². The monoisotopic (exact) mass is 228 g/mol. The first-order chi connectivity index (χ1) is 2.00. The van der Waals surface area contributed by atoms with E-state index >= 15 is 0 Å². The van der Waals surface area contributed by atoms with Crippen LogP contribution in [0.1, 0.15) is 0 Å². The molecule has 0 aromatic carbocycles. The van der Waals surface area contributed by atoms with Crippen LogP contribution >= 0.6 is 11.7 Å². The van der Waals surface area contributed by atoms with Crippen molar-refractivity contribution in [3.8, 4) is 0 Å². The van der Waals surface area contributed by atoms with Gasteiger partial charge in [-0.15, -0.1) is 0 Å². The summed E-state index contributed by atoms with van der Waals surface area (Å²) >= 11 is 5.24. The molecule has 0 spiro atoms. The molecule has 0 amide bonds. The summed E-state index contributed by atoms with van der Waals surface area (Å²) < 4.78 is 18.8.